The predicted molar refractivity (Wildman–Crippen MR) is 98.5 cm³/mol. The minimum atomic E-state index is 0.828. The molecule has 0 bridgehead atoms. The first-order chi connectivity index (χ1) is 11.9. The maximum Gasteiger partial charge on any atom is 0.178 e. The van der Waals surface area contributed by atoms with E-state index < -0.39 is 0 Å². The van der Waals surface area contributed by atoms with Crippen molar-refractivity contribution in [3.8, 4) is 0 Å². The van der Waals surface area contributed by atoms with Gasteiger partial charge < -0.3 is 8.83 Å². The first-order valence-electron chi connectivity index (χ1n) is 8.04. The summed E-state index contributed by atoms with van der Waals surface area (Å²) in [7, 11) is 0. The van der Waals surface area contributed by atoms with Crippen LogP contribution in [0.4, 0.5) is 0 Å². The number of para-hydroxylation sites is 1. The zero-order chi connectivity index (χ0) is 15.7. The lowest BCUT2D eigenvalue weighted by Crippen LogP contribution is -1.73. The molecule has 2 aromatic heterocycles. The highest BCUT2D eigenvalue weighted by Gasteiger charge is 2.16. The van der Waals surface area contributed by atoms with Gasteiger partial charge in [-0.25, -0.2) is 0 Å². The van der Waals surface area contributed by atoms with Crippen LogP contribution in [0.1, 0.15) is 0 Å². The Morgan fingerprint density at radius 2 is 1.17 bits per heavy atom. The molecule has 4 aromatic carbocycles. The molecule has 2 heterocycles. The molecule has 6 rings (SSSR count). The largest absolute Gasteiger partial charge is 0.452 e. The van der Waals surface area contributed by atoms with E-state index in [1.54, 1.807) is 0 Å². The Labute approximate surface area is 136 Å². The fourth-order valence-corrected chi connectivity index (χ4v) is 3.79. The van der Waals surface area contributed by atoms with Gasteiger partial charge in [0.2, 0.25) is 0 Å². The second-order valence-corrected chi connectivity index (χ2v) is 6.18. The highest BCUT2D eigenvalue weighted by molar-refractivity contribution is 6.24. The van der Waals surface area contributed by atoms with Crippen LogP contribution in [0.15, 0.2) is 81.6 Å². The molecule has 0 N–H and O–H groups in total. The molecule has 2 nitrogen and oxygen atoms in total. The lowest BCUT2D eigenvalue weighted by atomic mass is 10.0. The third kappa shape index (κ3) is 1.41. The lowest BCUT2D eigenvalue weighted by molar-refractivity contribution is 0.633. The number of hydrogen-bond donors (Lipinski definition) is 0. The molecular weight excluding hydrogens is 296 g/mol. The Balaban J connectivity index is 1.90. The van der Waals surface area contributed by atoms with E-state index in [4.69, 9.17) is 8.83 Å². The van der Waals surface area contributed by atoms with Gasteiger partial charge in [-0.05, 0) is 35.0 Å². The van der Waals surface area contributed by atoms with Crippen LogP contribution in [0, 0.1) is 0 Å². The van der Waals surface area contributed by atoms with E-state index in [0.717, 1.165) is 43.9 Å². The first-order valence-corrected chi connectivity index (χ1v) is 8.04. The van der Waals surface area contributed by atoms with E-state index in [1.165, 1.54) is 10.8 Å². The summed E-state index contributed by atoms with van der Waals surface area (Å²) < 4.78 is 12.3. The number of hydrogen-bond acceptors (Lipinski definition) is 2. The molecular formula is C22H12O2. The van der Waals surface area contributed by atoms with Gasteiger partial charge >= 0.3 is 0 Å². The zero-order valence-electron chi connectivity index (χ0n) is 12.7. The van der Waals surface area contributed by atoms with Crippen molar-refractivity contribution in [2.45, 2.75) is 0 Å². The molecule has 0 aliphatic carbocycles. The van der Waals surface area contributed by atoms with E-state index in [0.29, 0.717) is 0 Å². The Bertz CT molecular complexity index is 1400. The van der Waals surface area contributed by atoms with Crippen LogP contribution in [0.5, 0.6) is 0 Å². The van der Waals surface area contributed by atoms with E-state index in [9.17, 15) is 0 Å². The van der Waals surface area contributed by atoms with Crippen LogP contribution in [0.2, 0.25) is 0 Å². The quantitative estimate of drug-likeness (QED) is 0.314. The van der Waals surface area contributed by atoms with E-state index in [1.807, 2.05) is 24.3 Å². The number of benzene rings is 4. The minimum absolute atomic E-state index is 0.828. The van der Waals surface area contributed by atoms with Crippen molar-refractivity contribution in [1.82, 2.24) is 0 Å². The maximum absolute atomic E-state index is 6.21. The summed E-state index contributed by atoms with van der Waals surface area (Å²) in [6.07, 6.45) is 0. The van der Waals surface area contributed by atoms with Crippen LogP contribution >= 0.6 is 0 Å². The van der Waals surface area contributed by atoms with Gasteiger partial charge in [0.15, 0.2) is 11.2 Å². The van der Waals surface area contributed by atoms with Gasteiger partial charge in [0.1, 0.15) is 11.2 Å². The molecule has 2 heteroatoms. The van der Waals surface area contributed by atoms with Crippen molar-refractivity contribution in [2.75, 3.05) is 0 Å². The van der Waals surface area contributed by atoms with Crippen molar-refractivity contribution >= 4 is 54.6 Å². The zero-order valence-corrected chi connectivity index (χ0v) is 12.7. The van der Waals surface area contributed by atoms with Crippen LogP contribution in [0.25, 0.3) is 54.6 Å². The average Bonchev–Trinajstić information content (AvgIpc) is 3.20. The molecule has 24 heavy (non-hydrogen) atoms. The summed E-state index contributed by atoms with van der Waals surface area (Å²) >= 11 is 0. The van der Waals surface area contributed by atoms with E-state index >= 15 is 0 Å². The Morgan fingerprint density at radius 1 is 0.458 bits per heavy atom. The molecule has 0 spiro atoms. The molecule has 0 saturated heterocycles. The van der Waals surface area contributed by atoms with Crippen molar-refractivity contribution in [3.05, 3.63) is 72.8 Å². The topological polar surface area (TPSA) is 26.3 Å². The summed E-state index contributed by atoms with van der Waals surface area (Å²) in [6.45, 7) is 0. The van der Waals surface area contributed by atoms with Gasteiger partial charge in [0, 0.05) is 21.5 Å². The molecule has 0 aliphatic heterocycles. The van der Waals surface area contributed by atoms with Gasteiger partial charge in [-0.1, -0.05) is 48.5 Å². The fraction of sp³-hybridized carbons (Fsp3) is 0. The van der Waals surface area contributed by atoms with E-state index in [2.05, 4.69) is 48.5 Å². The summed E-state index contributed by atoms with van der Waals surface area (Å²) in [5.41, 5.74) is 3.45. The van der Waals surface area contributed by atoms with Crippen molar-refractivity contribution in [2.24, 2.45) is 0 Å². The third-order valence-electron chi connectivity index (χ3n) is 4.87. The Kier molecular flexibility index (Phi) is 2.12. The summed E-state index contributed by atoms with van der Waals surface area (Å²) in [4.78, 5) is 0. The summed E-state index contributed by atoms with van der Waals surface area (Å²) in [5.74, 6) is 0. The van der Waals surface area contributed by atoms with Gasteiger partial charge in [-0.2, -0.15) is 0 Å². The lowest BCUT2D eigenvalue weighted by Gasteiger charge is -1.98. The molecule has 0 atom stereocenters. The fourth-order valence-electron chi connectivity index (χ4n) is 3.79. The SMILES string of the molecule is c1ccc2c(c1)ccc1oc3c(ccc4c5ccccc5oc43)c12. The maximum atomic E-state index is 6.21. The predicted octanol–water partition coefficient (Wildman–Crippen LogP) is 6.64. The normalized spacial score (nSPS) is 12.2. The molecule has 0 radical (unpaired) electrons. The van der Waals surface area contributed by atoms with Gasteiger partial charge in [0.25, 0.3) is 0 Å². The van der Waals surface area contributed by atoms with Crippen LogP contribution in [0.3, 0.4) is 0 Å². The average molecular weight is 308 g/mol. The van der Waals surface area contributed by atoms with Crippen LogP contribution in [-0.2, 0) is 0 Å². The number of fused-ring (bicyclic) bond motifs is 9. The molecule has 6 aromatic rings. The van der Waals surface area contributed by atoms with Crippen molar-refractivity contribution in [3.63, 3.8) is 0 Å². The summed E-state index contributed by atoms with van der Waals surface area (Å²) in [6, 6.07) is 25.0. The standard InChI is InChI=1S/C22H12O2/c1-2-6-14-13(5-1)9-12-19-20(14)17-11-10-16-15-7-3-4-8-18(15)23-21(16)22(17)24-19/h1-12H. The molecule has 112 valence electrons. The van der Waals surface area contributed by atoms with Crippen molar-refractivity contribution in [1.29, 1.82) is 0 Å². The van der Waals surface area contributed by atoms with Crippen LogP contribution in [-0.4, -0.2) is 0 Å². The second kappa shape index (κ2) is 4.18. The number of rotatable bonds is 0. The molecule has 0 fully saturated rings. The monoisotopic (exact) mass is 308 g/mol. The Hall–Kier alpha value is -3.26. The first kappa shape index (κ1) is 12.2. The van der Waals surface area contributed by atoms with Crippen LogP contribution < -0.4 is 0 Å². The second-order valence-electron chi connectivity index (χ2n) is 6.18. The highest BCUT2D eigenvalue weighted by atomic mass is 16.4. The molecule has 0 unspecified atom stereocenters. The van der Waals surface area contributed by atoms with Crippen molar-refractivity contribution < 1.29 is 8.83 Å². The highest BCUT2D eigenvalue weighted by Crippen LogP contribution is 2.40. The summed E-state index contributed by atoms with van der Waals surface area (Å²) in [5, 5.41) is 6.92. The number of furan rings is 2. The smallest absolute Gasteiger partial charge is 0.178 e. The minimum Gasteiger partial charge on any atom is -0.452 e. The van der Waals surface area contributed by atoms with Gasteiger partial charge in [0.05, 0.1) is 0 Å². The van der Waals surface area contributed by atoms with Gasteiger partial charge in [-0.3, -0.25) is 0 Å². The van der Waals surface area contributed by atoms with Gasteiger partial charge in [-0.15, -0.1) is 0 Å². The molecule has 0 aliphatic rings. The third-order valence-corrected chi connectivity index (χ3v) is 4.87. The molecule has 0 saturated carbocycles. The Morgan fingerprint density at radius 3 is 2.12 bits per heavy atom. The molecule has 0 amide bonds. The van der Waals surface area contributed by atoms with E-state index in [-0.39, 0.29) is 0 Å².